The van der Waals surface area contributed by atoms with E-state index in [-0.39, 0.29) is 11.5 Å². The van der Waals surface area contributed by atoms with Gasteiger partial charge in [-0.05, 0) is 62.9 Å². The van der Waals surface area contributed by atoms with Crippen LogP contribution in [-0.4, -0.2) is 7.05 Å². The molecule has 1 unspecified atom stereocenters. The Morgan fingerprint density at radius 1 is 1.24 bits per heavy atom. The molecule has 1 aliphatic carbocycles. The van der Waals surface area contributed by atoms with Gasteiger partial charge in [0.15, 0.2) is 0 Å². The van der Waals surface area contributed by atoms with Crippen molar-refractivity contribution in [1.29, 1.82) is 5.26 Å². The zero-order valence-corrected chi connectivity index (χ0v) is 11.1. The molecule has 0 spiro atoms. The van der Waals surface area contributed by atoms with Crippen LogP contribution in [0.1, 0.15) is 41.1 Å². The average molecular weight is 228 g/mol. The van der Waals surface area contributed by atoms with E-state index in [4.69, 9.17) is 0 Å². The third-order valence-corrected chi connectivity index (χ3v) is 4.26. The normalized spacial score (nSPS) is 18.5. The molecule has 1 fully saturated rings. The molecule has 1 aliphatic rings. The molecule has 0 radical (unpaired) electrons. The highest BCUT2D eigenvalue weighted by Crippen LogP contribution is 2.54. The van der Waals surface area contributed by atoms with Gasteiger partial charge in [-0.1, -0.05) is 12.1 Å². The predicted molar refractivity (Wildman–Crippen MR) is 69.7 cm³/mol. The highest BCUT2D eigenvalue weighted by Gasteiger charge is 2.50. The first-order valence-corrected chi connectivity index (χ1v) is 6.21. The second kappa shape index (κ2) is 4.16. The fourth-order valence-corrected chi connectivity index (χ4v) is 2.62. The van der Waals surface area contributed by atoms with Crippen LogP contribution in [-0.2, 0) is 0 Å². The van der Waals surface area contributed by atoms with Crippen LogP contribution >= 0.6 is 0 Å². The van der Waals surface area contributed by atoms with Crippen LogP contribution in [0, 0.1) is 37.5 Å². The number of hydrogen-bond donors (Lipinski definition) is 1. The van der Waals surface area contributed by atoms with Gasteiger partial charge in [0.2, 0.25) is 0 Å². The third kappa shape index (κ3) is 1.85. The maximum atomic E-state index is 9.34. The molecule has 1 N–H and O–H groups in total. The molecule has 17 heavy (non-hydrogen) atoms. The van der Waals surface area contributed by atoms with Gasteiger partial charge in [-0.2, -0.15) is 5.26 Å². The highest BCUT2D eigenvalue weighted by molar-refractivity contribution is 5.42. The van der Waals surface area contributed by atoms with E-state index in [0.717, 1.165) is 12.8 Å². The third-order valence-electron chi connectivity index (χ3n) is 4.26. The SMILES string of the molecule is CNC(c1ccc(C)c(C)c1C)C1(C#N)CC1. The first-order chi connectivity index (χ1) is 8.05. The summed E-state index contributed by atoms with van der Waals surface area (Å²) >= 11 is 0. The number of aryl methyl sites for hydroxylation is 1. The van der Waals surface area contributed by atoms with Gasteiger partial charge in [0.25, 0.3) is 0 Å². The van der Waals surface area contributed by atoms with Crippen molar-refractivity contribution in [2.24, 2.45) is 5.41 Å². The lowest BCUT2D eigenvalue weighted by Crippen LogP contribution is -2.26. The molecule has 0 amide bonds. The Hall–Kier alpha value is -1.33. The molecule has 2 heteroatoms. The topological polar surface area (TPSA) is 35.8 Å². The monoisotopic (exact) mass is 228 g/mol. The van der Waals surface area contributed by atoms with Gasteiger partial charge in [0, 0.05) is 0 Å². The molecular weight excluding hydrogens is 208 g/mol. The van der Waals surface area contributed by atoms with Gasteiger partial charge in [0.1, 0.15) is 0 Å². The Morgan fingerprint density at radius 2 is 1.88 bits per heavy atom. The molecule has 0 aromatic heterocycles. The summed E-state index contributed by atoms with van der Waals surface area (Å²) in [4.78, 5) is 0. The van der Waals surface area contributed by atoms with E-state index in [1.165, 1.54) is 22.3 Å². The molecule has 90 valence electrons. The summed E-state index contributed by atoms with van der Waals surface area (Å²) < 4.78 is 0. The summed E-state index contributed by atoms with van der Waals surface area (Å²) in [7, 11) is 1.96. The van der Waals surface area contributed by atoms with Crippen molar-refractivity contribution in [2.45, 2.75) is 39.7 Å². The van der Waals surface area contributed by atoms with E-state index >= 15 is 0 Å². The standard InChI is InChI=1S/C15H20N2/c1-10-5-6-13(12(3)11(10)2)14(17-4)15(9-16)7-8-15/h5-6,14,17H,7-8H2,1-4H3. The lowest BCUT2D eigenvalue weighted by molar-refractivity contribution is 0.442. The van der Waals surface area contributed by atoms with Gasteiger partial charge in [-0.3, -0.25) is 0 Å². The summed E-state index contributed by atoms with van der Waals surface area (Å²) in [6.45, 7) is 6.46. The molecule has 0 saturated heterocycles. The minimum Gasteiger partial charge on any atom is -0.312 e. The van der Waals surface area contributed by atoms with Crippen LogP contribution in [0.3, 0.4) is 0 Å². The summed E-state index contributed by atoms with van der Waals surface area (Å²) in [5, 5.41) is 12.7. The number of hydrogen-bond acceptors (Lipinski definition) is 2. The summed E-state index contributed by atoms with van der Waals surface area (Å²) in [6.07, 6.45) is 2.03. The van der Waals surface area contributed by atoms with E-state index in [1.807, 2.05) is 7.05 Å². The van der Waals surface area contributed by atoms with E-state index in [9.17, 15) is 5.26 Å². The number of nitrogens with zero attached hydrogens (tertiary/aromatic N) is 1. The van der Waals surface area contributed by atoms with Gasteiger partial charge < -0.3 is 5.32 Å². The van der Waals surface area contributed by atoms with Crippen LogP contribution in [0.15, 0.2) is 12.1 Å². The summed E-state index contributed by atoms with van der Waals surface area (Å²) in [5.74, 6) is 0. The quantitative estimate of drug-likeness (QED) is 0.862. The number of nitrogens with one attached hydrogen (secondary N) is 1. The van der Waals surface area contributed by atoms with E-state index in [2.05, 4.69) is 44.3 Å². The predicted octanol–water partition coefficient (Wildman–Crippen LogP) is 3.18. The van der Waals surface area contributed by atoms with Gasteiger partial charge in [-0.15, -0.1) is 0 Å². The van der Waals surface area contributed by atoms with Crippen molar-refractivity contribution in [3.8, 4) is 6.07 Å². The molecule has 0 heterocycles. The molecule has 0 aliphatic heterocycles. The first kappa shape index (κ1) is 12.1. The molecule has 1 saturated carbocycles. The fraction of sp³-hybridized carbons (Fsp3) is 0.533. The van der Waals surface area contributed by atoms with Crippen LogP contribution in [0.5, 0.6) is 0 Å². The van der Waals surface area contributed by atoms with Crippen molar-refractivity contribution in [1.82, 2.24) is 5.32 Å². The van der Waals surface area contributed by atoms with Crippen molar-refractivity contribution >= 4 is 0 Å². The Kier molecular flexibility index (Phi) is 2.97. The second-order valence-corrected chi connectivity index (χ2v) is 5.21. The lowest BCUT2D eigenvalue weighted by Gasteiger charge is -2.24. The number of rotatable bonds is 3. The highest BCUT2D eigenvalue weighted by atomic mass is 14.9. The zero-order chi connectivity index (χ0) is 12.6. The van der Waals surface area contributed by atoms with Crippen molar-refractivity contribution < 1.29 is 0 Å². The van der Waals surface area contributed by atoms with E-state index in [0.29, 0.717) is 0 Å². The molecule has 1 atom stereocenters. The molecule has 2 rings (SSSR count). The van der Waals surface area contributed by atoms with Gasteiger partial charge in [-0.25, -0.2) is 0 Å². The number of benzene rings is 1. The summed E-state index contributed by atoms with van der Waals surface area (Å²) in [5.41, 5.74) is 5.11. The van der Waals surface area contributed by atoms with Crippen molar-refractivity contribution in [3.05, 3.63) is 34.4 Å². The Balaban J connectivity index is 2.46. The first-order valence-electron chi connectivity index (χ1n) is 6.21. The smallest absolute Gasteiger partial charge is 0.0769 e. The summed E-state index contributed by atoms with van der Waals surface area (Å²) in [6, 6.07) is 7.01. The Labute approximate surface area is 104 Å². The average Bonchev–Trinajstić information content (AvgIpc) is 3.11. The molecule has 1 aromatic rings. The molecule has 1 aromatic carbocycles. The zero-order valence-electron chi connectivity index (χ0n) is 11.1. The Bertz CT molecular complexity index is 478. The van der Waals surface area contributed by atoms with E-state index in [1.54, 1.807) is 0 Å². The maximum absolute atomic E-state index is 9.34. The molecule has 2 nitrogen and oxygen atoms in total. The van der Waals surface area contributed by atoms with Gasteiger partial charge >= 0.3 is 0 Å². The second-order valence-electron chi connectivity index (χ2n) is 5.21. The van der Waals surface area contributed by atoms with Gasteiger partial charge in [0.05, 0.1) is 17.5 Å². The van der Waals surface area contributed by atoms with Crippen LogP contribution in [0.25, 0.3) is 0 Å². The fourth-order valence-electron chi connectivity index (χ4n) is 2.62. The van der Waals surface area contributed by atoms with Crippen LogP contribution in [0.4, 0.5) is 0 Å². The van der Waals surface area contributed by atoms with Crippen LogP contribution in [0.2, 0.25) is 0 Å². The molecule has 0 bridgehead atoms. The largest absolute Gasteiger partial charge is 0.312 e. The Morgan fingerprint density at radius 3 is 2.35 bits per heavy atom. The van der Waals surface area contributed by atoms with Crippen molar-refractivity contribution in [2.75, 3.05) is 7.05 Å². The minimum atomic E-state index is -0.165. The lowest BCUT2D eigenvalue weighted by atomic mass is 9.86. The maximum Gasteiger partial charge on any atom is 0.0769 e. The minimum absolute atomic E-state index is 0.165. The van der Waals surface area contributed by atoms with Crippen molar-refractivity contribution in [3.63, 3.8) is 0 Å². The van der Waals surface area contributed by atoms with E-state index < -0.39 is 0 Å². The van der Waals surface area contributed by atoms with Crippen LogP contribution < -0.4 is 5.32 Å². The molecular formula is C15H20N2. The number of nitriles is 1.